The van der Waals surface area contributed by atoms with E-state index in [-0.39, 0.29) is 0 Å². The SMILES string of the molecule is C=C/C(C)=C\C(=C)CBr. The molecular formula is C8H11Br. The molecular weight excluding hydrogens is 176 g/mol. The van der Waals surface area contributed by atoms with E-state index < -0.39 is 0 Å². The highest BCUT2D eigenvalue weighted by Crippen LogP contribution is 2.02. The van der Waals surface area contributed by atoms with Crippen LogP contribution < -0.4 is 0 Å². The van der Waals surface area contributed by atoms with Crippen LogP contribution in [0.5, 0.6) is 0 Å². The zero-order valence-electron chi connectivity index (χ0n) is 5.65. The van der Waals surface area contributed by atoms with E-state index >= 15 is 0 Å². The van der Waals surface area contributed by atoms with Crippen LogP contribution in [0.3, 0.4) is 0 Å². The molecule has 0 saturated carbocycles. The largest absolute Gasteiger partial charge is 0.0988 e. The van der Waals surface area contributed by atoms with Gasteiger partial charge in [-0.3, -0.25) is 0 Å². The van der Waals surface area contributed by atoms with Crippen molar-refractivity contribution in [2.75, 3.05) is 5.33 Å². The molecule has 0 aliphatic carbocycles. The predicted molar refractivity (Wildman–Crippen MR) is 46.9 cm³/mol. The lowest BCUT2D eigenvalue weighted by Crippen LogP contribution is -1.75. The van der Waals surface area contributed by atoms with Gasteiger partial charge in [-0.25, -0.2) is 0 Å². The van der Waals surface area contributed by atoms with Crippen molar-refractivity contribution < 1.29 is 0 Å². The topological polar surface area (TPSA) is 0 Å². The third-order valence-corrected chi connectivity index (χ3v) is 1.65. The molecule has 0 spiro atoms. The molecule has 1 heteroatoms. The second kappa shape index (κ2) is 4.57. The highest BCUT2D eigenvalue weighted by atomic mass is 79.9. The van der Waals surface area contributed by atoms with Gasteiger partial charge >= 0.3 is 0 Å². The first kappa shape index (κ1) is 8.70. The van der Waals surface area contributed by atoms with Gasteiger partial charge < -0.3 is 0 Å². The molecule has 0 rings (SSSR count). The summed E-state index contributed by atoms with van der Waals surface area (Å²) in [5.74, 6) is 0. The average molecular weight is 187 g/mol. The Kier molecular flexibility index (Phi) is 4.41. The van der Waals surface area contributed by atoms with Crippen LogP contribution in [0, 0.1) is 0 Å². The van der Waals surface area contributed by atoms with E-state index in [0.29, 0.717) is 0 Å². The molecule has 0 saturated heterocycles. The van der Waals surface area contributed by atoms with Gasteiger partial charge in [-0.05, 0) is 12.5 Å². The molecule has 9 heavy (non-hydrogen) atoms. The average Bonchev–Trinajstić information content (AvgIpc) is 1.87. The van der Waals surface area contributed by atoms with Crippen molar-refractivity contribution in [2.45, 2.75) is 6.92 Å². The van der Waals surface area contributed by atoms with Crippen molar-refractivity contribution in [3.63, 3.8) is 0 Å². The van der Waals surface area contributed by atoms with E-state index in [2.05, 4.69) is 29.1 Å². The lowest BCUT2D eigenvalue weighted by molar-refractivity contribution is 1.47. The van der Waals surface area contributed by atoms with Crippen molar-refractivity contribution in [2.24, 2.45) is 0 Å². The predicted octanol–water partition coefficient (Wildman–Crippen LogP) is 3.07. The van der Waals surface area contributed by atoms with Gasteiger partial charge in [0, 0.05) is 5.33 Å². The lowest BCUT2D eigenvalue weighted by Gasteiger charge is -1.91. The maximum absolute atomic E-state index is 3.79. The minimum Gasteiger partial charge on any atom is -0.0988 e. The summed E-state index contributed by atoms with van der Waals surface area (Å²) in [6.45, 7) is 9.41. The molecule has 0 aromatic heterocycles. The van der Waals surface area contributed by atoms with E-state index in [1.807, 2.05) is 19.1 Å². The summed E-state index contributed by atoms with van der Waals surface area (Å²) < 4.78 is 0. The number of allylic oxidation sites excluding steroid dienone is 4. The highest BCUT2D eigenvalue weighted by Gasteiger charge is 1.83. The number of hydrogen-bond acceptors (Lipinski definition) is 0. The summed E-state index contributed by atoms with van der Waals surface area (Å²) in [7, 11) is 0. The fourth-order valence-corrected chi connectivity index (χ4v) is 0.581. The standard InChI is InChI=1S/C8H11Br/c1-4-7(2)5-8(3)6-9/h4-5H,1,3,6H2,2H3/b7-5-. The molecule has 0 heterocycles. The first-order valence-corrected chi connectivity index (χ1v) is 3.87. The van der Waals surface area contributed by atoms with Gasteiger partial charge in [0.1, 0.15) is 0 Å². The van der Waals surface area contributed by atoms with Crippen LogP contribution in [0.1, 0.15) is 6.92 Å². The number of alkyl halides is 1. The molecule has 50 valence electrons. The first-order valence-electron chi connectivity index (χ1n) is 2.75. The Morgan fingerprint density at radius 2 is 2.22 bits per heavy atom. The molecule has 0 fully saturated rings. The Morgan fingerprint density at radius 1 is 1.67 bits per heavy atom. The molecule has 0 unspecified atom stereocenters. The van der Waals surface area contributed by atoms with E-state index in [1.54, 1.807) is 0 Å². The molecule has 0 aliphatic heterocycles. The second-order valence-electron chi connectivity index (χ2n) is 1.88. The molecule has 0 bridgehead atoms. The van der Waals surface area contributed by atoms with Gasteiger partial charge in [0.25, 0.3) is 0 Å². The van der Waals surface area contributed by atoms with Crippen LogP contribution in [0.15, 0.2) is 36.5 Å². The minimum absolute atomic E-state index is 0.832. The van der Waals surface area contributed by atoms with E-state index in [0.717, 1.165) is 16.5 Å². The molecule has 0 amide bonds. The Balaban J connectivity index is 3.94. The number of hydrogen-bond donors (Lipinski definition) is 0. The molecule has 0 N–H and O–H groups in total. The fraction of sp³-hybridized carbons (Fsp3) is 0.250. The Labute approximate surface area is 65.1 Å². The summed E-state index contributed by atoms with van der Waals surface area (Å²) in [5, 5.41) is 0.832. The van der Waals surface area contributed by atoms with Crippen LogP contribution in [-0.4, -0.2) is 5.33 Å². The second-order valence-corrected chi connectivity index (χ2v) is 2.45. The van der Waals surface area contributed by atoms with Crippen LogP contribution in [0.2, 0.25) is 0 Å². The van der Waals surface area contributed by atoms with Gasteiger partial charge in [0.05, 0.1) is 0 Å². The van der Waals surface area contributed by atoms with Gasteiger partial charge in [-0.15, -0.1) is 0 Å². The van der Waals surface area contributed by atoms with Gasteiger partial charge in [-0.1, -0.05) is 46.8 Å². The third kappa shape index (κ3) is 4.22. The Bertz CT molecular complexity index is 143. The van der Waals surface area contributed by atoms with Crippen LogP contribution in [0.25, 0.3) is 0 Å². The quantitative estimate of drug-likeness (QED) is 0.470. The van der Waals surface area contributed by atoms with Crippen molar-refractivity contribution in [1.29, 1.82) is 0 Å². The highest BCUT2D eigenvalue weighted by molar-refractivity contribution is 9.09. The summed E-state index contributed by atoms with van der Waals surface area (Å²) in [6.07, 6.45) is 3.82. The minimum atomic E-state index is 0.832. The third-order valence-electron chi connectivity index (χ3n) is 0.925. The Hall–Kier alpha value is -0.300. The molecule has 0 radical (unpaired) electrons. The zero-order chi connectivity index (χ0) is 7.28. The van der Waals surface area contributed by atoms with Crippen LogP contribution >= 0.6 is 15.9 Å². The monoisotopic (exact) mass is 186 g/mol. The smallest absolute Gasteiger partial charge is 0.0277 e. The van der Waals surface area contributed by atoms with Crippen molar-refractivity contribution >= 4 is 15.9 Å². The zero-order valence-corrected chi connectivity index (χ0v) is 7.24. The van der Waals surface area contributed by atoms with E-state index in [1.165, 1.54) is 0 Å². The summed E-state index contributed by atoms with van der Waals surface area (Å²) in [5.41, 5.74) is 2.23. The van der Waals surface area contributed by atoms with Crippen molar-refractivity contribution in [3.05, 3.63) is 36.5 Å². The summed E-state index contributed by atoms with van der Waals surface area (Å²) >= 11 is 3.29. The Morgan fingerprint density at radius 3 is 2.56 bits per heavy atom. The van der Waals surface area contributed by atoms with Crippen molar-refractivity contribution in [1.82, 2.24) is 0 Å². The van der Waals surface area contributed by atoms with Gasteiger partial charge in [0.15, 0.2) is 0 Å². The number of rotatable bonds is 3. The van der Waals surface area contributed by atoms with Gasteiger partial charge in [0.2, 0.25) is 0 Å². The van der Waals surface area contributed by atoms with E-state index in [9.17, 15) is 0 Å². The normalized spacial score (nSPS) is 11.1. The van der Waals surface area contributed by atoms with E-state index in [4.69, 9.17) is 0 Å². The fourth-order valence-electron chi connectivity index (χ4n) is 0.419. The summed E-state index contributed by atoms with van der Waals surface area (Å²) in [6, 6.07) is 0. The summed E-state index contributed by atoms with van der Waals surface area (Å²) in [4.78, 5) is 0. The molecule has 0 aromatic rings. The number of halogens is 1. The maximum Gasteiger partial charge on any atom is 0.0277 e. The first-order chi connectivity index (χ1) is 4.20. The molecule has 0 atom stereocenters. The van der Waals surface area contributed by atoms with Crippen LogP contribution in [-0.2, 0) is 0 Å². The molecule has 0 aliphatic rings. The molecule has 0 nitrogen and oxygen atoms in total. The van der Waals surface area contributed by atoms with Gasteiger partial charge in [-0.2, -0.15) is 0 Å². The lowest BCUT2D eigenvalue weighted by atomic mass is 10.2. The van der Waals surface area contributed by atoms with Crippen LogP contribution in [0.4, 0.5) is 0 Å². The van der Waals surface area contributed by atoms with Crippen molar-refractivity contribution in [3.8, 4) is 0 Å². The maximum atomic E-state index is 3.79. The molecule has 0 aromatic carbocycles.